The van der Waals surface area contributed by atoms with E-state index in [2.05, 4.69) is 38.8 Å². The highest BCUT2D eigenvalue weighted by molar-refractivity contribution is 6.74. The summed E-state index contributed by atoms with van der Waals surface area (Å²) in [4.78, 5) is 4.02. The summed E-state index contributed by atoms with van der Waals surface area (Å²) in [6.45, 7) is 19.1. The fourth-order valence-electron chi connectivity index (χ4n) is 3.54. The Morgan fingerprint density at radius 1 is 1.03 bits per heavy atom. The van der Waals surface area contributed by atoms with Crippen molar-refractivity contribution in [1.82, 2.24) is 4.98 Å². The molecule has 2 heterocycles. The van der Waals surface area contributed by atoms with E-state index in [9.17, 15) is 17.6 Å². The molecule has 204 valence electrons. The Kier molecular flexibility index (Phi) is 7.73. The predicted octanol–water partition coefficient (Wildman–Crippen LogP) is 7.16. The van der Waals surface area contributed by atoms with Crippen LogP contribution in [0.4, 0.5) is 17.6 Å². The molecule has 1 aromatic carbocycles. The van der Waals surface area contributed by atoms with Crippen molar-refractivity contribution < 1.29 is 36.0 Å². The number of hydrogen-bond acceptors (Lipinski definition) is 5. The lowest BCUT2D eigenvalue weighted by molar-refractivity contribution is -0.138. The van der Waals surface area contributed by atoms with E-state index < -0.39 is 44.2 Å². The zero-order chi connectivity index (χ0) is 28.2. The smallest absolute Gasteiger partial charge is 0.439 e. The molecule has 0 amide bonds. The molecule has 0 N–H and O–H groups in total. The van der Waals surface area contributed by atoms with E-state index in [0.29, 0.717) is 5.56 Å². The van der Waals surface area contributed by atoms with Crippen LogP contribution in [0.1, 0.15) is 65.2 Å². The van der Waals surface area contributed by atoms with Crippen molar-refractivity contribution >= 4 is 20.9 Å². The molecule has 0 unspecified atom stereocenters. The fraction of sp³-hybridized carbons (Fsp3) is 0.577. The molecular formula is C26H36BF4NO4Si. The molecule has 0 saturated carbocycles. The summed E-state index contributed by atoms with van der Waals surface area (Å²) < 4.78 is 80.0. The number of nitrogens with zero attached hydrogens (tertiary/aromatic N) is 1. The second-order valence-corrected chi connectivity index (χ2v) is 16.8. The molecule has 1 fully saturated rings. The van der Waals surface area contributed by atoms with E-state index in [1.165, 1.54) is 25.1 Å². The maximum Gasteiger partial charge on any atom is 0.500 e. The number of halogens is 4. The summed E-state index contributed by atoms with van der Waals surface area (Å²) in [5, 5.41) is -0.0721. The predicted molar refractivity (Wildman–Crippen MR) is 138 cm³/mol. The lowest BCUT2D eigenvalue weighted by Crippen LogP contribution is -2.41. The van der Waals surface area contributed by atoms with Gasteiger partial charge in [-0.1, -0.05) is 20.8 Å². The molecule has 3 rings (SSSR count). The molecule has 0 aliphatic carbocycles. The van der Waals surface area contributed by atoms with E-state index >= 15 is 0 Å². The molecule has 0 radical (unpaired) electrons. The molecule has 11 heteroatoms. The second kappa shape index (κ2) is 9.66. The van der Waals surface area contributed by atoms with E-state index in [-0.39, 0.29) is 34.3 Å². The summed E-state index contributed by atoms with van der Waals surface area (Å²) in [5.41, 5.74) is -2.16. The summed E-state index contributed by atoms with van der Waals surface area (Å²) in [5.74, 6) is -0.363. The van der Waals surface area contributed by atoms with Gasteiger partial charge in [0.25, 0.3) is 0 Å². The van der Waals surface area contributed by atoms with Crippen molar-refractivity contribution in [2.24, 2.45) is 0 Å². The van der Waals surface area contributed by atoms with Crippen LogP contribution in [0.2, 0.25) is 18.1 Å². The Bertz CT molecular complexity index is 1150. The Balaban J connectivity index is 2.07. The number of hydrogen-bond donors (Lipinski definition) is 0. The van der Waals surface area contributed by atoms with Crippen LogP contribution in [0.25, 0.3) is 0 Å². The van der Waals surface area contributed by atoms with E-state index in [1.807, 2.05) is 0 Å². The normalized spacial score (nSPS) is 17.8. The summed E-state index contributed by atoms with van der Waals surface area (Å²) >= 11 is 0. The van der Waals surface area contributed by atoms with Gasteiger partial charge < -0.3 is 18.5 Å². The molecule has 0 atom stereocenters. The number of ether oxygens (including phenoxy) is 1. The zero-order valence-corrected chi connectivity index (χ0v) is 24.2. The molecular weight excluding hydrogens is 505 g/mol. The van der Waals surface area contributed by atoms with Crippen LogP contribution in [0.3, 0.4) is 0 Å². The highest BCUT2D eigenvalue weighted by atomic mass is 28.4. The van der Waals surface area contributed by atoms with Gasteiger partial charge in [-0.05, 0) is 76.5 Å². The Morgan fingerprint density at radius 3 is 2.11 bits per heavy atom. The van der Waals surface area contributed by atoms with Gasteiger partial charge in [0.2, 0.25) is 5.88 Å². The lowest BCUT2D eigenvalue weighted by atomic mass is 9.75. The van der Waals surface area contributed by atoms with Crippen LogP contribution < -0.4 is 10.2 Å². The van der Waals surface area contributed by atoms with Crippen molar-refractivity contribution in [3.05, 3.63) is 46.9 Å². The highest BCUT2D eigenvalue weighted by Gasteiger charge is 2.54. The van der Waals surface area contributed by atoms with Crippen molar-refractivity contribution in [2.75, 3.05) is 0 Å². The average molecular weight is 541 g/mol. The van der Waals surface area contributed by atoms with Crippen molar-refractivity contribution in [1.29, 1.82) is 0 Å². The standard InChI is InChI=1S/C26H36BF4NO4Si/c1-16-19(26(29,30)31)14-32-22(21(16)27-35-24(5,6)25(7,8)36-27)34-20-12-11-18(28)13-17(20)15-33-37(9,10)23(2,3)4/h11-14H,15H2,1-10H3. The van der Waals surface area contributed by atoms with Crippen LogP contribution in [0.15, 0.2) is 24.4 Å². The van der Waals surface area contributed by atoms with Crippen molar-refractivity contribution in [2.45, 2.75) is 97.5 Å². The second-order valence-electron chi connectivity index (χ2n) is 12.0. The molecule has 1 aliphatic heterocycles. The fourth-order valence-corrected chi connectivity index (χ4v) is 4.49. The Labute approximate surface area is 218 Å². The van der Waals surface area contributed by atoms with E-state index in [1.54, 1.807) is 27.7 Å². The minimum absolute atomic E-state index is 0.0362. The van der Waals surface area contributed by atoms with E-state index in [0.717, 1.165) is 6.20 Å². The minimum atomic E-state index is -4.63. The quantitative estimate of drug-likeness (QED) is 0.287. The topological polar surface area (TPSA) is 49.8 Å². The molecule has 1 aromatic heterocycles. The van der Waals surface area contributed by atoms with Gasteiger partial charge in [-0.15, -0.1) is 0 Å². The Hall–Kier alpha value is -1.95. The lowest BCUT2D eigenvalue weighted by Gasteiger charge is -2.36. The van der Waals surface area contributed by atoms with Gasteiger partial charge in [-0.2, -0.15) is 13.2 Å². The van der Waals surface area contributed by atoms with Crippen LogP contribution in [-0.2, 0) is 26.5 Å². The van der Waals surface area contributed by atoms with Gasteiger partial charge in [0.15, 0.2) is 8.32 Å². The molecule has 5 nitrogen and oxygen atoms in total. The third-order valence-electron chi connectivity index (χ3n) is 7.77. The van der Waals surface area contributed by atoms with Crippen molar-refractivity contribution in [3.63, 3.8) is 0 Å². The number of aromatic nitrogens is 1. The van der Waals surface area contributed by atoms with Gasteiger partial charge >= 0.3 is 13.3 Å². The van der Waals surface area contributed by atoms with Crippen LogP contribution in [-0.4, -0.2) is 31.6 Å². The maximum atomic E-state index is 14.2. The molecule has 1 saturated heterocycles. The summed E-state index contributed by atoms with van der Waals surface area (Å²) in [7, 11) is -3.33. The Morgan fingerprint density at radius 2 is 1.59 bits per heavy atom. The highest BCUT2D eigenvalue weighted by Crippen LogP contribution is 2.40. The summed E-state index contributed by atoms with van der Waals surface area (Å²) in [6, 6.07) is 3.94. The minimum Gasteiger partial charge on any atom is -0.439 e. The zero-order valence-electron chi connectivity index (χ0n) is 23.2. The molecule has 37 heavy (non-hydrogen) atoms. The first-order valence-electron chi connectivity index (χ1n) is 12.2. The van der Waals surface area contributed by atoms with Crippen LogP contribution in [0, 0.1) is 12.7 Å². The molecule has 0 spiro atoms. The molecule has 0 bridgehead atoms. The van der Waals surface area contributed by atoms with Crippen molar-refractivity contribution in [3.8, 4) is 11.6 Å². The monoisotopic (exact) mass is 541 g/mol. The van der Waals surface area contributed by atoms with Gasteiger partial charge in [0, 0.05) is 17.2 Å². The number of benzene rings is 1. The first-order valence-corrected chi connectivity index (χ1v) is 15.1. The van der Waals surface area contributed by atoms with Gasteiger partial charge in [0.05, 0.1) is 23.4 Å². The van der Waals surface area contributed by atoms with Gasteiger partial charge in [0.1, 0.15) is 11.6 Å². The first-order chi connectivity index (χ1) is 16.7. The number of alkyl halides is 3. The van der Waals surface area contributed by atoms with Gasteiger partial charge in [-0.25, -0.2) is 9.37 Å². The molecule has 1 aliphatic rings. The number of rotatable bonds is 6. The molecule has 2 aromatic rings. The third kappa shape index (κ3) is 6.05. The van der Waals surface area contributed by atoms with Crippen LogP contribution >= 0.6 is 0 Å². The van der Waals surface area contributed by atoms with Gasteiger partial charge in [-0.3, -0.25) is 0 Å². The third-order valence-corrected chi connectivity index (χ3v) is 12.2. The summed E-state index contributed by atoms with van der Waals surface area (Å²) in [6.07, 6.45) is -3.90. The van der Waals surface area contributed by atoms with Crippen LogP contribution in [0.5, 0.6) is 11.6 Å². The largest absolute Gasteiger partial charge is 0.500 e. The average Bonchev–Trinajstić information content (AvgIpc) is 2.93. The maximum absolute atomic E-state index is 14.2. The number of pyridine rings is 1. The SMILES string of the molecule is Cc1c(C(F)(F)F)cnc(Oc2ccc(F)cc2CO[Si](C)(C)C(C)(C)C)c1B1OC(C)(C)C(C)(C)O1. The first kappa shape index (κ1) is 29.6. The van der Waals surface area contributed by atoms with E-state index in [4.69, 9.17) is 18.5 Å².